The van der Waals surface area contributed by atoms with Gasteiger partial charge in [-0.3, -0.25) is 4.99 Å². The van der Waals surface area contributed by atoms with Gasteiger partial charge in [0.25, 0.3) is 0 Å². The van der Waals surface area contributed by atoms with E-state index in [1.165, 1.54) is 7.11 Å². The molecule has 4 nitrogen and oxygen atoms in total. The van der Waals surface area contributed by atoms with Gasteiger partial charge in [-0.1, -0.05) is 6.58 Å². The predicted octanol–water partition coefficient (Wildman–Crippen LogP) is -0.307. The number of nitrogens with zero attached hydrogens (tertiary/aromatic N) is 1. The number of ether oxygens (including phenoxy) is 1. The fraction of sp³-hybridized carbons (Fsp3) is 0.200. The Bertz CT molecular complexity index is 457. The largest absolute Gasteiger partial charge is 0.464 e. The SMILES string of the molecule is C=c1cc(C(=O)OC)[nH]/c1=C/C=N\C. The minimum Gasteiger partial charge on any atom is -0.464 e. The van der Waals surface area contributed by atoms with Crippen LogP contribution in [0.15, 0.2) is 11.1 Å². The smallest absolute Gasteiger partial charge is 0.354 e. The molecular formula is C10H12N2O2. The number of carbonyl (C=O) groups excluding carboxylic acids is 1. The summed E-state index contributed by atoms with van der Waals surface area (Å²) >= 11 is 0. The first-order valence-corrected chi connectivity index (χ1v) is 4.07. The summed E-state index contributed by atoms with van der Waals surface area (Å²) in [6, 6.07) is 1.64. The maximum absolute atomic E-state index is 11.1. The lowest BCUT2D eigenvalue weighted by Gasteiger charge is -1.91. The van der Waals surface area contributed by atoms with Crippen LogP contribution in [0.25, 0.3) is 12.7 Å². The van der Waals surface area contributed by atoms with Gasteiger partial charge in [0, 0.05) is 18.6 Å². The van der Waals surface area contributed by atoms with Crippen LogP contribution in [0, 0.1) is 0 Å². The Hall–Kier alpha value is -1.84. The Labute approximate surface area is 81.6 Å². The van der Waals surface area contributed by atoms with Crippen LogP contribution >= 0.6 is 0 Å². The zero-order chi connectivity index (χ0) is 10.6. The maximum atomic E-state index is 11.1. The molecule has 0 bridgehead atoms. The van der Waals surface area contributed by atoms with Crippen LogP contribution < -0.4 is 10.6 Å². The third-order valence-corrected chi connectivity index (χ3v) is 1.73. The molecule has 4 heteroatoms. The van der Waals surface area contributed by atoms with E-state index in [2.05, 4.69) is 21.3 Å². The van der Waals surface area contributed by atoms with E-state index in [-0.39, 0.29) is 0 Å². The molecule has 0 aliphatic carbocycles. The van der Waals surface area contributed by atoms with E-state index in [4.69, 9.17) is 0 Å². The number of hydrogen-bond acceptors (Lipinski definition) is 3. The molecule has 1 aromatic rings. The summed E-state index contributed by atoms with van der Waals surface area (Å²) in [5.74, 6) is -0.400. The molecule has 0 saturated carbocycles. The van der Waals surface area contributed by atoms with Crippen molar-refractivity contribution >= 4 is 24.8 Å². The van der Waals surface area contributed by atoms with Crippen LogP contribution in [-0.4, -0.2) is 31.3 Å². The van der Waals surface area contributed by atoms with E-state index in [9.17, 15) is 4.79 Å². The van der Waals surface area contributed by atoms with Crippen molar-refractivity contribution in [2.45, 2.75) is 0 Å². The van der Waals surface area contributed by atoms with Gasteiger partial charge in [-0.2, -0.15) is 0 Å². The van der Waals surface area contributed by atoms with Crippen molar-refractivity contribution in [1.82, 2.24) is 4.98 Å². The lowest BCUT2D eigenvalue weighted by molar-refractivity contribution is 0.0594. The van der Waals surface area contributed by atoms with Crippen LogP contribution in [0.3, 0.4) is 0 Å². The van der Waals surface area contributed by atoms with Crippen LogP contribution in [0.2, 0.25) is 0 Å². The van der Waals surface area contributed by atoms with Gasteiger partial charge >= 0.3 is 5.97 Å². The number of aromatic nitrogens is 1. The van der Waals surface area contributed by atoms with Gasteiger partial charge in [0.05, 0.1) is 7.11 Å². The summed E-state index contributed by atoms with van der Waals surface area (Å²) in [5.41, 5.74) is 0.397. The standard InChI is InChI=1S/C10H12N2O2/c1-7-6-9(10(13)14-3)12-8(7)4-5-11-2/h4-6,12H,1H2,2-3H3/b8-4+,11-5-. The quantitative estimate of drug-likeness (QED) is 0.516. The van der Waals surface area contributed by atoms with Crippen molar-refractivity contribution in [2.24, 2.45) is 4.99 Å². The minimum absolute atomic E-state index is 0.397. The number of methoxy groups -OCH3 is 1. The monoisotopic (exact) mass is 192 g/mol. The fourth-order valence-corrected chi connectivity index (χ4v) is 1.03. The lowest BCUT2D eigenvalue weighted by atomic mass is 10.4. The molecular weight excluding hydrogens is 180 g/mol. The summed E-state index contributed by atoms with van der Waals surface area (Å²) in [6.07, 6.45) is 3.37. The summed E-state index contributed by atoms with van der Waals surface area (Å²) in [6.45, 7) is 3.78. The number of aromatic amines is 1. The molecule has 0 spiro atoms. The molecule has 0 aromatic carbocycles. The second kappa shape index (κ2) is 4.41. The van der Waals surface area contributed by atoms with E-state index in [1.54, 1.807) is 25.4 Å². The van der Waals surface area contributed by atoms with Crippen molar-refractivity contribution in [3.05, 3.63) is 22.3 Å². The number of aliphatic imine (C=N–C) groups is 1. The Kier molecular flexibility index (Phi) is 3.23. The number of esters is 1. The lowest BCUT2D eigenvalue weighted by Crippen LogP contribution is -2.20. The highest BCUT2D eigenvalue weighted by molar-refractivity contribution is 5.91. The molecule has 0 unspecified atom stereocenters. The fourth-order valence-electron chi connectivity index (χ4n) is 1.03. The van der Waals surface area contributed by atoms with E-state index in [1.807, 2.05) is 0 Å². The second-order valence-corrected chi connectivity index (χ2v) is 2.69. The molecule has 0 atom stereocenters. The molecule has 0 aliphatic rings. The summed E-state index contributed by atoms with van der Waals surface area (Å²) < 4.78 is 4.56. The van der Waals surface area contributed by atoms with Crippen molar-refractivity contribution in [3.8, 4) is 0 Å². The molecule has 1 aromatic heterocycles. The van der Waals surface area contributed by atoms with Gasteiger partial charge in [0.2, 0.25) is 0 Å². The molecule has 0 amide bonds. The van der Waals surface area contributed by atoms with E-state index in [0.717, 1.165) is 10.6 Å². The second-order valence-electron chi connectivity index (χ2n) is 2.69. The molecule has 1 N–H and O–H groups in total. The Morgan fingerprint density at radius 1 is 1.71 bits per heavy atom. The number of nitrogens with one attached hydrogen (secondary N) is 1. The van der Waals surface area contributed by atoms with Crippen molar-refractivity contribution in [1.29, 1.82) is 0 Å². The van der Waals surface area contributed by atoms with Crippen molar-refractivity contribution in [3.63, 3.8) is 0 Å². The zero-order valence-electron chi connectivity index (χ0n) is 8.20. The topological polar surface area (TPSA) is 54.5 Å². The Morgan fingerprint density at radius 3 is 3.00 bits per heavy atom. The molecule has 14 heavy (non-hydrogen) atoms. The normalized spacial score (nSPS) is 12.3. The Balaban J connectivity index is 3.18. The van der Waals surface area contributed by atoms with Gasteiger partial charge < -0.3 is 9.72 Å². The third-order valence-electron chi connectivity index (χ3n) is 1.73. The summed E-state index contributed by atoms with van der Waals surface area (Å²) in [4.78, 5) is 17.8. The third kappa shape index (κ3) is 2.10. The average Bonchev–Trinajstić information content (AvgIpc) is 2.56. The number of H-pyrrole nitrogens is 1. The van der Waals surface area contributed by atoms with Crippen molar-refractivity contribution < 1.29 is 9.53 Å². The molecule has 1 rings (SSSR count). The van der Waals surface area contributed by atoms with Crippen LogP contribution in [0.5, 0.6) is 0 Å². The zero-order valence-corrected chi connectivity index (χ0v) is 8.20. The molecule has 0 aliphatic heterocycles. The molecule has 0 fully saturated rings. The van der Waals surface area contributed by atoms with Gasteiger partial charge in [-0.05, 0) is 17.4 Å². The first-order chi connectivity index (χ1) is 6.69. The Morgan fingerprint density at radius 2 is 2.43 bits per heavy atom. The highest BCUT2D eigenvalue weighted by Crippen LogP contribution is 1.88. The number of carbonyl (C=O) groups is 1. The van der Waals surface area contributed by atoms with Crippen LogP contribution in [0.4, 0.5) is 0 Å². The molecule has 0 saturated heterocycles. The van der Waals surface area contributed by atoms with Crippen molar-refractivity contribution in [2.75, 3.05) is 14.2 Å². The van der Waals surface area contributed by atoms with E-state index in [0.29, 0.717) is 5.69 Å². The van der Waals surface area contributed by atoms with Crippen LogP contribution in [-0.2, 0) is 4.74 Å². The maximum Gasteiger partial charge on any atom is 0.354 e. The van der Waals surface area contributed by atoms with Gasteiger partial charge in [0.15, 0.2) is 0 Å². The van der Waals surface area contributed by atoms with E-state index >= 15 is 0 Å². The highest BCUT2D eigenvalue weighted by Gasteiger charge is 2.05. The summed E-state index contributed by atoms with van der Waals surface area (Å²) in [5, 5.41) is 1.50. The molecule has 74 valence electrons. The summed E-state index contributed by atoms with van der Waals surface area (Å²) in [7, 11) is 3.01. The number of hydrogen-bond donors (Lipinski definition) is 1. The van der Waals surface area contributed by atoms with Gasteiger partial charge in [0.1, 0.15) is 5.69 Å². The van der Waals surface area contributed by atoms with Gasteiger partial charge in [-0.25, -0.2) is 4.79 Å². The predicted molar refractivity (Wildman–Crippen MR) is 55.8 cm³/mol. The minimum atomic E-state index is -0.400. The number of rotatable bonds is 2. The van der Waals surface area contributed by atoms with Gasteiger partial charge in [-0.15, -0.1) is 0 Å². The first-order valence-electron chi connectivity index (χ1n) is 4.07. The van der Waals surface area contributed by atoms with Crippen LogP contribution in [0.1, 0.15) is 10.5 Å². The first kappa shape index (κ1) is 10.2. The molecule has 0 radical (unpaired) electrons. The molecule has 1 heterocycles. The average molecular weight is 192 g/mol. The highest BCUT2D eigenvalue weighted by atomic mass is 16.5. The van der Waals surface area contributed by atoms with E-state index < -0.39 is 5.97 Å².